The van der Waals surface area contributed by atoms with E-state index in [0.29, 0.717) is 36.1 Å². The average molecular weight is 252 g/mol. The fourth-order valence-corrected chi connectivity index (χ4v) is 3.57. The maximum absolute atomic E-state index is 12.4. The van der Waals surface area contributed by atoms with Crippen molar-refractivity contribution in [2.45, 2.75) is 52.5 Å². The van der Waals surface area contributed by atoms with Crippen LogP contribution in [0.25, 0.3) is 0 Å². The van der Waals surface area contributed by atoms with E-state index >= 15 is 0 Å². The summed E-state index contributed by atoms with van der Waals surface area (Å²) >= 11 is 0. The van der Waals surface area contributed by atoms with Crippen LogP contribution in [0.3, 0.4) is 0 Å². The van der Waals surface area contributed by atoms with Crippen molar-refractivity contribution >= 4 is 5.91 Å². The lowest BCUT2D eigenvalue weighted by Crippen LogP contribution is -2.47. The van der Waals surface area contributed by atoms with E-state index in [9.17, 15) is 4.79 Å². The molecule has 1 amide bonds. The third-order valence-electron chi connectivity index (χ3n) is 4.55. The maximum Gasteiger partial charge on any atom is 0.224 e. The molecule has 4 unspecified atom stereocenters. The number of carbonyl (C=O) groups is 1. The molecule has 2 fully saturated rings. The van der Waals surface area contributed by atoms with Crippen molar-refractivity contribution in [1.29, 1.82) is 0 Å². The van der Waals surface area contributed by atoms with Gasteiger partial charge in [0, 0.05) is 25.6 Å². The summed E-state index contributed by atoms with van der Waals surface area (Å²) in [5, 5.41) is 3.51. The SMILES string of the molecule is CC1CC(C)CN(C(=O)CC2NCCCC2C)C1. The molecule has 2 aliphatic heterocycles. The number of hydrogen-bond acceptors (Lipinski definition) is 2. The summed E-state index contributed by atoms with van der Waals surface area (Å²) in [6.45, 7) is 9.80. The molecule has 0 aliphatic carbocycles. The van der Waals surface area contributed by atoms with Crippen molar-refractivity contribution in [3.8, 4) is 0 Å². The highest BCUT2D eigenvalue weighted by molar-refractivity contribution is 5.77. The van der Waals surface area contributed by atoms with Gasteiger partial charge in [0.15, 0.2) is 0 Å². The Balaban J connectivity index is 1.86. The predicted molar refractivity (Wildman–Crippen MR) is 74.3 cm³/mol. The van der Waals surface area contributed by atoms with Crippen molar-refractivity contribution in [2.24, 2.45) is 17.8 Å². The zero-order valence-electron chi connectivity index (χ0n) is 12.1. The molecular weight excluding hydrogens is 224 g/mol. The van der Waals surface area contributed by atoms with Gasteiger partial charge in [-0.3, -0.25) is 4.79 Å². The van der Waals surface area contributed by atoms with Crippen LogP contribution in [-0.4, -0.2) is 36.5 Å². The van der Waals surface area contributed by atoms with Crippen LogP contribution in [0.5, 0.6) is 0 Å². The van der Waals surface area contributed by atoms with Crippen LogP contribution in [0.1, 0.15) is 46.5 Å². The first-order chi connectivity index (χ1) is 8.56. The fourth-order valence-electron chi connectivity index (χ4n) is 3.57. The van der Waals surface area contributed by atoms with Gasteiger partial charge < -0.3 is 10.2 Å². The van der Waals surface area contributed by atoms with Crippen molar-refractivity contribution in [3.63, 3.8) is 0 Å². The van der Waals surface area contributed by atoms with Gasteiger partial charge in [0.2, 0.25) is 5.91 Å². The molecule has 3 nitrogen and oxygen atoms in total. The molecule has 0 aromatic carbocycles. The Morgan fingerprint density at radius 2 is 1.89 bits per heavy atom. The Kier molecular flexibility index (Phi) is 4.66. The Labute approximate surface area is 111 Å². The van der Waals surface area contributed by atoms with E-state index in [4.69, 9.17) is 0 Å². The zero-order valence-corrected chi connectivity index (χ0v) is 12.1. The van der Waals surface area contributed by atoms with Gasteiger partial charge in [-0.2, -0.15) is 0 Å². The largest absolute Gasteiger partial charge is 0.342 e. The quantitative estimate of drug-likeness (QED) is 0.817. The van der Waals surface area contributed by atoms with Crippen LogP contribution in [0, 0.1) is 17.8 Å². The van der Waals surface area contributed by atoms with Crippen LogP contribution < -0.4 is 5.32 Å². The number of piperidine rings is 2. The van der Waals surface area contributed by atoms with Gasteiger partial charge in [-0.1, -0.05) is 20.8 Å². The van der Waals surface area contributed by atoms with Gasteiger partial charge in [0.1, 0.15) is 0 Å². The smallest absolute Gasteiger partial charge is 0.224 e. The van der Waals surface area contributed by atoms with Crippen LogP contribution in [0.15, 0.2) is 0 Å². The summed E-state index contributed by atoms with van der Waals surface area (Å²) in [6, 6.07) is 0.402. The third-order valence-corrected chi connectivity index (χ3v) is 4.55. The molecule has 18 heavy (non-hydrogen) atoms. The first-order valence-electron chi connectivity index (χ1n) is 7.57. The molecule has 2 aliphatic rings. The lowest BCUT2D eigenvalue weighted by Gasteiger charge is -2.37. The standard InChI is InChI=1S/C15H28N2O/c1-11-7-12(2)10-17(9-11)15(18)8-14-13(3)5-4-6-16-14/h11-14,16H,4-10H2,1-3H3. The van der Waals surface area contributed by atoms with Crippen LogP contribution >= 0.6 is 0 Å². The summed E-state index contributed by atoms with van der Waals surface area (Å²) in [4.78, 5) is 14.5. The summed E-state index contributed by atoms with van der Waals surface area (Å²) in [5.41, 5.74) is 0. The monoisotopic (exact) mass is 252 g/mol. The second-order valence-electron chi connectivity index (χ2n) is 6.63. The van der Waals surface area contributed by atoms with E-state index < -0.39 is 0 Å². The van der Waals surface area contributed by atoms with Gasteiger partial charge in [-0.15, -0.1) is 0 Å². The second kappa shape index (κ2) is 6.05. The lowest BCUT2D eigenvalue weighted by atomic mass is 9.88. The van der Waals surface area contributed by atoms with Gasteiger partial charge in [0.05, 0.1) is 0 Å². The van der Waals surface area contributed by atoms with Crippen molar-refractivity contribution in [1.82, 2.24) is 10.2 Å². The second-order valence-corrected chi connectivity index (χ2v) is 6.63. The molecule has 1 N–H and O–H groups in total. The van der Waals surface area contributed by atoms with E-state index in [2.05, 4.69) is 31.0 Å². The molecule has 4 atom stereocenters. The highest BCUT2D eigenvalue weighted by Gasteiger charge is 2.29. The van der Waals surface area contributed by atoms with Crippen LogP contribution in [-0.2, 0) is 4.79 Å². The fraction of sp³-hybridized carbons (Fsp3) is 0.933. The van der Waals surface area contributed by atoms with Crippen molar-refractivity contribution < 1.29 is 4.79 Å². The predicted octanol–water partition coefficient (Wildman–Crippen LogP) is 2.27. The molecular formula is C15H28N2O. The Hall–Kier alpha value is -0.570. The van der Waals surface area contributed by atoms with Crippen LogP contribution in [0.4, 0.5) is 0 Å². The Morgan fingerprint density at radius 3 is 2.50 bits per heavy atom. The van der Waals surface area contributed by atoms with Gasteiger partial charge >= 0.3 is 0 Å². The number of carbonyl (C=O) groups excluding carboxylic acids is 1. The molecule has 2 rings (SSSR count). The molecule has 2 saturated heterocycles. The van der Waals surface area contributed by atoms with Crippen LogP contribution in [0.2, 0.25) is 0 Å². The Morgan fingerprint density at radius 1 is 1.22 bits per heavy atom. The topological polar surface area (TPSA) is 32.3 Å². The van der Waals surface area contributed by atoms with E-state index in [1.165, 1.54) is 19.3 Å². The van der Waals surface area contributed by atoms with Gasteiger partial charge in [-0.25, -0.2) is 0 Å². The number of amides is 1. The number of likely N-dealkylation sites (tertiary alicyclic amines) is 1. The van der Waals surface area contributed by atoms with Crippen molar-refractivity contribution in [2.75, 3.05) is 19.6 Å². The lowest BCUT2D eigenvalue weighted by molar-refractivity contribution is -0.134. The van der Waals surface area contributed by atoms with Crippen molar-refractivity contribution in [3.05, 3.63) is 0 Å². The minimum absolute atomic E-state index is 0.361. The molecule has 0 spiro atoms. The molecule has 3 heteroatoms. The average Bonchev–Trinajstić information content (AvgIpc) is 2.31. The number of rotatable bonds is 2. The van der Waals surface area contributed by atoms with E-state index in [1.807, 2.05) is 0 Å². The van der Waals surface area contributed by atoms with Gasteiger partial charge in [0.25, 0.3) is 0 Å². The zero-order chi connectivity index (χ0) is 13.1. The molecule has 0 saturated carbocycles. The maximum atomic E-state index is 12.4. The molecule has 104 valence electrons. The minimum Gasteiger partial charge on any atom is -0.342 e. The first kappa shape index (κ1) is 13.9. The van der Waals surface area contributed by atoms with E-state index in [0.717, 1.165) is 19.6 Å². The molecule has 0 bridgehead atoms. The molecule has 2 heterocycles. The first-order valence-corrected chi connectivity index (χ1v) is 7.57. The van der Waals surface area contributed by atoms with Gasteiger partial charge in [-0.05, 0) is 43.6 Å². The number of nitrogens with one attached hydrogen (secondary N) is 1. The Bertz CT molecular complexity index is 282. The normalized spacial score (nSPS) is 37.6. The molecule has 0 aromatic heterocycles. The van der Waals surface area contributed by atoms with E-state index in [-0.39, 0.29) is 0 Å². The summed E-state index contributed by atoms with van der Waals surface area (Å²) in [7, 11) is 0. The molecule has 0 aromatic rings. The summed E-state index contributed by atoms with van der Waals surface area (Å²) < 4.78 is 0. The number of hydrogen-bond donors (Lipinski definition) is 1. The third kappa shape index (κ3) is 3.47. The number of nitrogens with zero attached hydrogens (tertiary/aromatic N) is 1. The highest BCUT2D eigenvalue weighted by atomic mass is 16.2. The van der Waals surface area contributed by atoms with E-state index in [1.54, 1.807) is 0 Å². The summed E-state index contributed by atoms with van der Waals surface area (Å²) in [6.07, 6.45) is 4.48. The molecule has 0 radical (unpaired) electrons. The summed E-state index contributed by atoms with van der Waals surface area (Å²) in [5.74, 6) is 2.32. The highest BCUT2D eigenvalue weighted by Crippen LogP contribution is 2.23. The minimum atomic E-state index is 0.361.